The Hall–Kier alpha value is -3.36. The predicted octanol–water partition coefficient (Wildman–Crippen LogP) is 1.01. The number of benzene rings is 1. The summed E-state index contributed by atoms with van der Waals surface area (Å²) in [5.74, 6) is -0.335. The van der Waals surface area contributed by atoms with Crippen molar-refractivity contribution in [2.45, 2.75) is 25.3 Å². The van der Waals surface area contributed by atoms with E-state index < -0.39 is 17.2 Å². The second-order valence-corrected chi connectivity index (χ2v) is 7.53. The van der Waals surface area contributed by atoms with Gasteiger partial charge in [-0.3, -0.25) is 14.9 Å². The SMILES string of the molecule is C[C@@]1([C@@H]2CCCN(C(=O)COc3ccc4ccc(=O)oc4c3)C2)NC(=O)NC1=O. The molecule has 4 amide bonds. The zero-order chi connectivity index (χ0) is 20.6. The van der Waals surface area contributed by atoms with Gasteiger partial charge in [0.2, 0.25) is 0 Å². The highest BCUT2D eigenvalue weighted by molar-refractivity contribution is 6.07. The largest absolute Gasteiger partial charge is 0.484 e. The van der Waals surface area contributed by atoms with Gasteiger partial charge in [0.15, 0.2) is 6.61 Å². The zero-order valence-corrected chi connectivity index (χ0v) is 15.9. The number of imide groups is 1. The fraction of sp³-hybridized carbons (Fsp3) is 0.400. The number of carbonyl (C=O) groups is 3. The molecule has 29 heavy (non-hydrogen) atoms. The highest BCUT2D eigenvalue weighted by Crippen LogP contribution is 2.30. The molecule has 9 nitrogen and oxygen atoms in total. The van der Waals surface area contributed by atoms with E-state index in [0.29, 0.717) is 24.4 Å². The molecule has 1 aromatic heterocycles. The fourth-order valence-corrected chi connectivity index (χ4v) is 3.89. The monoisotopic (exact) mass is 399 g/mol. The van der Waals surface area contributed by atoms with E-state index in [0.717, 1.165) is 18.2 Å². The first kappa shape index (κ1) is 19.0. The normalized spacial score (nSPS) is 24.3. The van der Waals surface area contributed by atoms with Crippen molar-refractivity contribution in [1.29, 1.82) is 0 Å². The van der Waals surface area contributed by atoms with Gasteiger partial charge in [0.05, 0.1) is 0 Å². The maximum Gasteiger partial charge on any atom is 0.336 e. The molecular formula is C20H21N3O6. The van der Waals surface area contributed by atoms with Crippen LogP contribution in [0.15, 0.2) is 39.5 Å². The summed E-state index contributed by atoms with van der Waals surface area (Å²) in [6, 6.07) is 7.51. The van der Waals surface area contributed by atoms with Crippen molar-refractivity contribution in [3.8, 4) is 5.75 Å². The molecule has 9 heteroatoms. The molecule has 1 aromatic carbocycles. The van der Waals surface area contributed by atoms with E-state index in [2.05, 4.69) is 10.6 Å². The van der Waals surface area contributed by atoms with Crippen molar-refractivity contribution in [3.63, 3.8) is 0 Å². The van der Waals surface area contributed by atoms with Crippen molar-refractivity contribution in [2.24, 2.45) is 5.92 Å². The number of rotatable bonds is 4. The Morgan fingerprint density at radius 2 is 2.07 bits per heavy atom. The molecule has 0 radical (unpaired) electrons. The van der Waals surface area contributed by atoms with Gasteiger partial charge in [-0.15, -0.1) is 0 Å². The van der Waals surface area contributed by atoms with E-state index in [1.807, 2.05) is 0 Å². The molecule has 0 aliphatic carbocycles. The van der Waals surface area contributed by atoms with Crippen LogP contribution in [0, 0.1) is 5.92 Å². The molecular weight excluding hydrogens is 378 g/mol. The summed E-state index contributed by atoms with van der Waals surface area (Å²) >= 11 is 0. The molecule has 0 bridgehead atoms. The van der Waals surface area contributed by atoms with Gasteiger partial charge in [-0.25, -0.2) is 9.59 Å². The number of likely N-dealkylation sites (tertiary alicyclic amines) is 1. The quantitative estimate of drug-likeness (QED) is 0.585. The highest BCUT2D eigenvalue weighted by Gasteiger charge is 2.49. The average Bonchev–Trinajstić information content (AvgIpc) is 2.98. The zero-order valence-electron chi connectivity index (χ0n) is 15.9. The van der Waals surface area contributed by atoms with E-state index >= 15 is 0 Å². The maximum absolute atomic E-state index is 12.6. The third kappa shape index (κ3) is 3.67. The summed E-state index contributed by atoms with van der Waals surface area (Å²) < 4.78 is 10.7. The van der Waals surface area contributed by atoms with Gasteiger partial charge in [-0.1, -0.05) is 0 Å². The number of fused-ring (bicyclic) bond motifs is 1. The first-order valence-electron chi connectivity index (χ1n) is 9.43. The first-order valence-corrected chi connectivity index (χ1v) is 9.43. The molecule has 0 saturated carbocycles. The van der Waals surface area contributed by atoms with Crippen LogP contribution in [0.5, 0.6) is 5.75 Å². The molecule has 2 N–H and O–H groups in total. The van der Waals surface area contributed by atoms with Crippen molar-refractivity contribution in [1.82, 2.24) is 15.5 Å². The van der Waals surface area contributed by atoms with Gasteiger partial charge in [-0.2, -0.15) is 0 Å². The molecule has 2 aliphatic rings. The number of hydrogen-bond acceptors (Lipinski definition) is 6. The van der Waals surface area contributed by atoms with Crippen LogP contribution >= 0.6 is 0 Å². The number of nitrogens with one attached hydrogen (secondary N) is 2. The van der Waals surface area contributed by atoms with Crippen LogP contribution in [0.1, 0.15) is 19.8 Å². The number of hydrogen-bond donors (Lipinski definition) is 2. The number of carbonyl (C=O) groups excluding carboxylic acids is 3. The Morgan fingerprint density at radius 1 is 1.28 bits per heavy atom. The molecule has 2 saturated heterocycles. The minimum atomic E-state index is -1.02. The van der Waals surface area contributed by atoms with Gasteiger partial charge in [0.1, 0.15) is 16.9 Å². The van der Waals surface area contributed by atoms with Gasteiger partial charge in [0, 0.05) is 36.5 Å². The number of urea groups is 1. The molecule has 4 rings (SSSR count). The minimum absolute atomic E-state index is 0.176. The number of nitrogens with zero attached hydrogens (tertiary/aromatic N) is 1. The summed E-state index contributed by atoms with van der Waals surface area (Å²) in [5, 5.41) is 5.71. The van der Waals surface area contributed by atoms with Gasteiger partial charge < -0.3 is 19.4 Å². The highest BCUT2D eigenvalue weighted by atomic mass is 16.5. The lowest BCUT2D eigenvalue weighted by atomic mass is 9.80. The van der Waals surface area contributed by atoms with Crippen LogP contribution in [0.25, 0.3) is 11.0 Å². The van der Waals surface area contributed by atoms with Gasteiger partial charge in [-0.05, 0) is 38.0 Å². The van der Waals surface area contributed by atoms with E-state index in [1.165, 1.54) is 6.07 Å². The van der Waals surface area contributed by atoms with Crippen LogP contribution in [0.2, 0.25) is 0 Å². The standard InChI is InChI=1S/C20H21N3O6/c1-20(18(26)21-19(27)22-20)13-3-2-8-23(10-13)16(24)11-28-14-6-4-12-5-7-17(25)29-15(12)9-14/h4-7,9,13H,2-3,8,10-11H2,1H3,(H2,21,22,26,27)/t13-,20+/m1/s1. The second kappa shape index (κ2) is 7.23. The minimum Gasteiger partial charge on any atom is -0.484 e. The summed E-state index contributed by atoms with van der Waals surface area (Å²) in [5.41, 5.74) is -1.09. The van der Waals surface area contributed by atoms with Crippen molar-refractivity contribution in [2.75, 3.05) is 19.7 Å². The Balaban J connectivity index is 1.40. The number of ether oxygens (including phenoxy) is 1. The van der Waals surface area contributed by atoms with Crippen LogP contribution in [-0.2, 0) is 9.59 Å². The Labute approximate surface area is 166 Å². The van der Waals surface area contributed by atoms with Gasteiger partial charge >= 0.3 is 11.7 Å². The molecule has 0 spiro atoms. The van der Waals surface area contributed by atoms with Crippen molar-refractivity contribution >= 4 is 28.8 Å². The van der Waals surface area contributed by atoms with Crippen LogP contribution in [-0.4, -0.2) is 48.0 Å². The predicted molar refractivity (Wildman–Crippen MR) is 102 cm³/mol. The number of amides is 4. The first-order chi connectivity index (χ1) is 13.8. The Morgan fingerprint density at radius 3 is 2.83 bits per heavy atom. The molecule has 2 atom stereocenters. The van der Waals surface area contributed by atoms with E-state index in [1.54, 1.807) is 36.1 Å². The number of piperidine rings is 1. The van der Waals surface area contributed by atoms with E-state index in [-0.39, 0.29) is 24.3 Å². The third-order valence-electron chi connectivity index (χ3n) is 5.62. The lowest BCUT2D eigenvalue weighted by Gasteiger charge is -2.39. The average molecular weight is 399 g/mol. The summed E-state index contributed by atoms with van der Waals surface area (Å²) in [7, 11) is 0. The Bertz CT molecular complexity index is 1050. The molecule has 3 heterocycles. The smallest absolute Gasteiger partial charge is 0.336 e. The lowest BCUT2D eigenvalue weighted by Crippen LogP contribution is -2.56. The van der Waals surface area contributed by atoms with E-state index in [4.69, 9.17) is 9.15 Å². The van der Waals surface area contributed by atoms with Crippen molar-refractivity contribution in [3.05, 3.63) is 40.8 Å². The maximum atomic E-state index is 12.6. The molecule has 2 fully saturated rings. The second-order valence-electron chi connectivity index (χ2n) is 7.53. The molecule has 2 aromatic rings. The molecule has 0 unspecified atom stereocenters. The van der Waals surface area contributed by atoms with Gasteiger partial charge in [0.25, 0.3) is 11.8 Å². The van der Waals surface area contributed by atoms with Crippen LogP contribution in [0.4, 0.5) is 4.79 Å². The van der Waals surface area contributed by atoms with Crippen molar-refractivity contribution < 1.29 is 23.5 Å². The van der Waals surface area contributed by atoms with Crippen LogP contribution in [0.3, 0.4) is 0 Å². The summed E-state index contributed by atoms with van der Waals surface area (Å²) in [4.78, 5) is 49.3. The summed E-state index contributed by atoms with van der Waals surface area (Å²) in [6.07, 6.45) is 1.47. The summed E-state index contributed by atoms with van der Waals surface area (Å²) in [6.45, 7) is 2.44. The lowest BCUT2D eigenvalue weighted by molar-refractivity contribution is -0.137. The third-order valence-corrected chi connectivity index (χ3v) is 5.62. The fourth-order valence-electron chi connectivity index (χ4n) is 3.89. The topological polar surface area (TPSA) is 118 Å². The van der Waals surface area contributed by atoms with E-state index in [9.17, 15) is 19.2 Å². The van der Waals surface area contributed by atoms with Crippen LogP contribution < -0.4 is 21.0 Å². The molecule has 152 valence electrons. The Kier molecular flexibility index (Phi) is 4.73. The molecule has 2 aliphatic heterocycles.